The first-order valence-electron chi connectivity index (χ1n) is 6.39. The standard InChI is InChI=1S/C14H18ClNO2/c1-2-7-16(9-10-3-4-10)14(18)11-5-6-13(17)12(15)8-11/h5-6,8,10,17H,2-4,7,9H2,1H3. The van der Waals surface area contributed by atoms with Crippen molar-refractivity contribution >= 4 is 17.5 Å². The lowest BCUT2D eigenvalue weighted by atomic mass is 10.1. The molecule has 1 aromatic rings. The summed E-state index contributed by atoms with van der Waals surface area (Å²) in [7, 11) is 0. The van der Waals surface area contributed by atoms with Crippen molar-refractivity contribution in [2.75, 3.05) is 13.1 Å². The van der Waals surface area contributed by atoms with Crippen LogP contribution in [-0.4, -0.2) is 29.0 Å². The average molecular weight is 268 g/mol. The van der Waals surface area contributed by atoms with Crippen LogP contribution in [0.5, 0.6) is 5.75 Å². The Balaban J connectivity index is 2.12. The van der Waals surface area contributed by atoms with Gasteiger partial charge < -0.3 is 10.0 Å². The van der Waals surface area contributed by atoms with Crippen molar-refractivity contribution in [2.45, 2.75) is 26.2 Å². The molecule has 0 radical (unpaired) electrons. The fourth-order valence-electron chi connectivity index (χ4n) is 1.98. The monoisotopic (exact) mass is 267 g/mol. The highest BCUT2D eigenvalue weighted by atomic mass is 35.5. The van der Waals surface area contributed by atoms with E-state index in [1.807, 2.05) is 4.90 Å². The molecule has 0 atom stereocenters. The van der Waals surface area contributed by atoms with Gasteiger partial charge in [-0.1, -0.05) is 18.5 Å². The van der Waals surface area contributed by atoms with Crippen LogP contribution in [0.3, 0.4) is 0 Å². The van der Waals surface area contributed by atoms with Crippen LogP contribution in [0.2, 0.25) is 5.02 Å². The molecule has 18 heavy (non-hydrogen) atoms. The molecule has 1 saturated carbocycles. The van der Waals surface area contributed by atoms with Crippen LogP contribution in [0.15, 0.2) is 18.2 Å². The summed E-state index contributed by atoms with van der Waals surface area (Å²) in [5.41, 5.74) is 0.548. The van der Waals surface area contributed by atoms with Gasteiger partial charge in [-0.2, -0.15) is 0 Å². The Kier molecular flexibility index (Phi) is 4.12. The normalized spacial score (nSPS) is 14.6. The molecule has 0 saturated heterocycles. The molecule has 3 nitrogen and oxygen atoms in total. The minimum Gasteiger partial charge on any atom is -0.506 e. The van der Waals surface area contributed by atoms with Gasteiger partial charge in [0.05, 0.1) is 5.02 Å². The van der Waals surface area contributed by atoms with Crippen molar-refractivity contribution in [3.63, 3.8) is 0 Å². The van der Waals surface area contributed by atoms with E-state index in [0.29, 0.717) is 11.5 Å². The lowest BCUT2D eigenvalue weighted by Gasteiger charge is -2.22. The highest BCUT2D eigenvalue weighted by Gasteiger charge is 2.27. The first-order chi connectivity index (χ1) is 8.61. The van der Waals surface area contributed by atoms with E-state index in [1.165, 1.54) is 25.0 Å². The maximum absolute atomic E-state index is 12.3. The van der Waals surface area contributed by atoms with Crippen LogP contribution in [-0.2, 0) is 0 Å². The molecule has 1 amide bonds. The largest absolute Gasteiger partial charge is 0.506 e. The molecule has 1 fully saturated rings. The van der Waals surface area contributed by atoms with Crippen molar-refractivity contribution in [3.8, 4) is 5.75 Å². The van der Waals surface area contributed by atoms with Crippen LogP contribution >= 0.6 is 11.6 Å². The molecular formula is C14H18ClNO2. The molecule has 98 valence electrons. The number of phenolic OH excluding ortho intramolecular Hbond substituents is 1. The van der Waals surface area contributed by atoms with Crippen molar-refractivity contribution in [2.24, 2.45) is 5.92 Å². The molecule has 0 spiro atoms. The number of carbonyl (C=O) groups excluding carboxylic acids is 1. The number of hydrogen-bond donors (Lipinski definition) is 1. The van der Waals surface area contributed by atoms with E-state index in [0.717, 1.165) is 19.5 Å². The summed E-state index contributed by atoms with van der Waals surface area (Å²) in [5, 5.41) is 9.59. The fourth-order valence-corrected chi connectivity index (χ4v) is 2.16. The van der Waals surface area contributed by atoms with Crippen molar-refractivity contribution in [3.05, 3.63) is 28.8 Å². The third kappa shape index (κ3) is 3.16. The van der Waals surface area contributed by atoms with Crippen molar-refractivity contribution < 1.29 is 9.90 Å². The molecule has 1 aromatic carbocycles. The number of benzene rings is 1. The highest BCUT2D eigenvalue weighted by Crippen LogP contribution is 2.30. The Labute approximate surface area is 112 Å². The summed E-state index contributed by atoms with van der Waals surface area (Å²) < 4.78 is 0. The maximum atomic E-state index is 12.3. The summed E-state index contributed by atoms with van der Waals surface area (Å²) in [4.78, 5) is 14.2. The van der Waals surface area contributed by atoms with E-state index >= 15 is 0 Å². The van der Waals surface area contributed by atoms with E-state index < -0.39 is 0 Å². The van der Waals surface area contributed by atoms with E-state index in [2.05, 4.69) is 6.92 Å². The predicted octanol–water partition coefficient (Wildman–Crippen LogP) is 3.31. The first kappa shape index (κ1) is 13.2. The SMILES string of the molecule is CCCN(CC1CC1)C(=O)c1ccc(O)c(Cl)c1. The number of amides is 1. The van der Waals surface area contributed by atoms with Gasteiger partial charge >= 0.3 is 0 Å². The Morgan fingerprint density at radius 2 is 2.22 bits per heavy atom. The molecule has 1 aliphatic carbocycles. The second kappa shape index (κ2) is 5.61. The number of halogens is 1. The zero-order valence-electron chi connectivity index (χ0n) is 10.5. The maximum Gasteiger partial charge on any atom is 0.253 e. The summed E-state index contributed by atoms with van der Waals surface area (Å²) in [5.74, 6) is 0.691. The highest BCUT2D eigenvalue weighted by molar-refractivity contribution is 6.32. The van der Waals surface area contributed by atoms with Crippen molar-refractivity contribution in [1.29, 1.82) is 0 Å². The Morgan fingerprint density at radius 3 is 2.78 bits per heavy atom. The number of hydrogen-bond acceptors (Lipinski definition) is 2. The van der Waals surface area contributed by atoms with E-state index in [-0.39, 0.29) is 16.7 Å². The number of carbonyl (C=O) groups is 1. The molecule has 1 aliphatic rings. The average Bonchev–Trinajstić information content (AvgIpc) is 3.15. The number of nitrogens with zero attached hydrogens (tertiary/aromatic N) is 1. The Hall–Kier alpha value is -1.22. The van der Waals surface area contributed by atoms with E-state index in [4.69, 9.17) is 11.6 Å². The smallest absolute Gasteiger partial charge is 0.253 e. The lowest BCUT2D eigenvalue weighted by Crippen LogP contribution is -2.33. The molecule has 0 aliphatic heterocycles. The molecular weight excluding hydrogens is 250 g/mol. The van der Waals surface area contributed by atoms with Gasteiger partial charge in [-0.25, -0.2) is 0 Å². The van der Waals surface area contributed by atoms with Crippen molar-refractivity contribution in [1.82, 2.24) is 4.90 Å². The van der Waals surface area contributed by atoms with Gasteiger partial charge in [-0.3, -0.25) is 4.79 Å². The fraction of sp³-hybridized carbons (Fsp3) is 0.500. The third-order valence-corrected chi connectivity index (χ3v) is 3.45. The predicted molar refractivity (Wildman–Crippen MR) is 72.0 cm³/mol. The quantitative estimate of drug-likeness (QED) is 0.889. The Morgan fingerprint density at radius 1 is 1.50 bits per heavy atom. The number of phenols is 1. The molecule has 0 aromatic heterocycles. The van der Waals surface area contributed by atoms with Gasteiger partial charge in [0.1, 0.15) is 5.75 Å². The van der Waals surface area contributed by atoms with Gasteiger partial charge in [0.15, 0.2) is 0 Å². The van der Waals surface area contributed by atoms with Gasteiger partial charge in [-0.15, -0.1) is 0 Å². The summed E-state index contributed by atoms with van der Waals surface area (Å²) in [6, 6.07) is 4.63. The lowest BCUT2D eigenvalue weighted by molar-refractivity contribution is 0.0747. The van der Waals surface area contributed by atoms with Crippen LogP contribution in [0.4, 0.5) is 0 Å². The number of aromatic hydroxyl groups is 1. The minimum absolute atomic E-state index is 0.00523. The molecule has 0 heterocycles. The summed E-state index contributed by atoms with van der Waals surface area (Å²) >= 11 is 5.84. The van der Waals surface area contributed by atoms with Gasteiger partial charge in [0, 0.05) is 18.7 Å². The van der Waals surface area contributed by atoms with Crippen LogP contribution in [0, 0.1) is 5.92 Å². The summed E-state index contributed by atoms with van der Waals surface area (Å²) in [6.07, 6.45) is 3.40. The molecule has 0 unspecified atom stereocenters. The summed E-state index contributed by atoms with van der Waals surface area (Å²) in [6.45, 7) is 3.68. The zero-order valence-corrected chi connectivity index (χ0v) is 11.3. The van der Waals surface area contributed by atoms with Gasteiger partial charge in [0.25, 0.3) is 5.91 Å². The topological polar surface area (TPSA) is 40.5 Å². The van der Waals surface area contributed by atoms with Crippen LogP contribution in [0.25, 0.3) is 0 Å². The zero-order chi connectivity index (χ0) is 13.1. The second-order valence-corrected chi connectivity index (χ2v) is 5.27. The van der Waals surface area contributed by atoms with Crippen LogP contribution < -0.4 is 0 Å². The Bertz CT molecular complexity index is 443. The van der Waals surface area contributed by atoms with Gasteiger partial charge in [0.2, 0.25) is 0 Å². The van der Waals surface area contributed by atoms with E-state index in [1.54, 1.807) is 6.07 Å². The second-order valence-electron chi connectivity index (χ2n) is 4.86. The molecule has 0 bridgehead atoms. The van der Waals surface area contributed by atoms with E-state index in [9.17, 15) is 9.90 Å². The van der Waals surface area contributed by atoms with Gasteiger partial charge in [-0.05, 0) is 43.4 Å². The number of rotatable bonds is 5. The molecule has 2 rings (SSSR count). The first-order valence-corrected chi connectivity index (χ1v) is 6.77. The third-order valence-electron chi connectivity index (χ3n) is 3.15. The molecule has 1 N–H and O–H groups in total. The molecule has 4 heteroatoms. The minimum atomic E-state index is 0.00523. The van der Waals surface area contributed by atoms with Crippen LogP contribution in [0.1, 0.15) is 36.5 Å².